The van der Waals surface area contributed by atoms with Gasteiger partial charge in [0.15, 0.2) is 0 Å². The molecule has 0 atom stereocenters. The molecule has 1 aliphatic rings. The van der Waals surface area contributed by atoms with Gasteiger partial charge in [0.25, 0.3) is 0 Å². The van der Waals surface area contributed by atoms with Crippen LogP contribution in [0.15, 0.2) is 53.1 Å². The molecular weight excluding hydrogens is 383 g/mol. The molecule has 2 heterocycles. The van der Waals surface area contributed by atoms with Crippen LogP contribution in [-0.2, 0) is 17.8 Å². The Hall–Kier alpha value is -3.06. The number of aryl methyl sites for hydroxylation is 1. The summed E-state index contributed by atoms with van der Waals surface area (Å²) < 4.78 is 18.2. The molecule has 2 aromatic carbocycles. The molecule has 0 unspecified atom stereocenters. The van der Waals surface area contributed by atoms with Crippen LogP contribution in [0.2, 0.25) is 0 Å². The molecule has 0 saturated carbocycles. The fourth-order valence-corrected chi connectivity index (χ4v) is 3.64. The van der Waals surface area contributed by atoms with Crippen molar-refractivity contribution in [2.24, 2.45) is 0 Å². The number of rotatable bonds is 7. The molecule has 1 aliphatic heterocycles. The fraction of sp³-hybridized carbons (Fsp3) is 0.348. The van der Waals surface area contributed by atoms with E-state index in [0.29, 0.717) is 23.7 Å². The summed E-state index contributed by atoms with van der Waals surface area (Å²) in [4.78, 5) is 19.1. The lowest BCUT2D eigenvalue weighted by Crippen LogP contribution is -2.29. The van der Waals surface area contributed by atoms with Gasteiger partial charge in [0.1, 0.15) is 5.82 Å². The molecule has 7 heteroatoms. The Morgan fingerprint density at radius 3 is 2.70 bits per heavy atom. The highest BCUT2D eigenvalue weighted by Gasteiger charge is 2.13. The quantitative estimate of drug-likeness (QED) is 0.626. The summed E-state index contributed by atoms with van der Waals surface area (Å²) in [6.45, 7) is 3.19. The number of carbonyl (C=O) groups is 1. The second-order valence-corrected chi connectivity index (χ2v) is 7.60. The van der Waals surface area contributed by atoms with Crippen molar-refractivity contribution in [1.29, 1.82) is 0 Å². The largest absolute Gasteiger partial charge is 0.339 e. The third kappa shape index (κ3) is 5.51. The van der Waals surface area contributed by atoms with E-state index in [1.54, 1.807) is 12.1 Å². The van der Waals surface area contributed by atoms with E-state index in [0.717, 1.165) is 25.3 Å². The molecule has 1 fully saturated rings. The number of carbonyl (C=O) groups excluding carboxylic acids is 1. The molecule has 6 nitrogen and oxygen atoms in total. The van der Waals surface area contributed by atoms with Crippen molar-refractivity contribution >= 4 is 11.6 Å². The molecule has 0 spiro atoms. The number of nitrogens with one attached hydrogen (secondary N) is 1. The van der Waals surface area contributed by atoms with Crippen LogP contribution >= 0.6 is 0 Å². The van der Waals surface area contributed by atoms with E-state index >= 15 is 0 Å². The van der Waals surface area contributed by atoms with Gasteiger partial charge in [-0.15, -0.1) is 0 Å². The van der Waals surface area contributed by atoms with Crippen LogP contribution in [0.1, 0.15) is 37.1 Å². The van der Waals surface area contributed by atoms with Crippen LogP contribution in [-0.4, -0.2) is 34.0 Å². The first-order valence-corrected chi connectivity index (χ1v) is 10.4. The zero-order valence-corrected chi connectivity index (χ0v) is 16.8. The molecule has 1 N–H and O–H groups in total. The Morgan fingerprint density at radius 2 is 1.90 bits per heavy atom. The van der Waals surface area contributed by atoms with E-state index in [2.05, 4.69) is 26.4 Å². The molecule has 4 rings (SSSR count). The number of nitrogens with zero attached hydrogens (tertiary/aromatic N) is 3. The minimum atomic E-state index is -0.320. The first-order chi connectivity index (χ1) is 14.7. The minimum absolute atomic E-state index is 0.105. The standard InChI is InChI=1S/C23H25FN4O2/c24-19-9-7-18(8-10-19)23-26-22(30-27-23)12-11-21(29)25-20-6-4-5-17(15-20)16-28-13-2-1-3-14-28/h4-10,15H,1-3,11-14,16H2,(H,25,29). The third-order valence-corrected chi connectivity index (χ3v) is 5.20. The molecular formula is C23H25FN4O2. The number of benzene rings is 2. The number of aromatic nitrogens is 2. The lowest BCUT2D eigenvalue weighted by molar-refractivity contribution is -0.116. The minimum Gasteiger partial charge on any atom is -0.339 e. The van der Waals surface area contributed by atoms with Gasteiger partial charge >= 0.3 is 0 Å². The van der Waals surface area contributed by atoms with Gasteiger partial charge in [-0.1, -0.05) is 23.7 Å². The lowest BCUT2D eigenvalue weighted by Gasteiger charge is -2.26. The molecule has 0 bridgehead atoms. The summed E-state index contributed by atoms with van der Waals surface area (Å²) in [5.74, 6) is 0.338. The first-order valence-electron chi connectivity index (χ1n) is 10.4. The molecule has 30 heavy (non-hydrogen) atoms. The van der Waals surface area contributed by atoms with Gasteiger partial charge in [0, 0.05) is 30.6 Å². The number of halogens is 1. The van der Waals surface area contributed by atoms with E-state index in [1.807, 2.05) is 18.2 Å². The Balaban J connectivity index is 1.29. The van der Waals surface area contributed by atoms with Crippen molar-refractivity contribution in [2.75, 3.05) is 18.4 Å². The van der Waals surface area contributed by atoms with E-state index < -0.39 is 0 Å². The highest BCUT2D eigenvalue weighted by atomic mass is 19.1. The van der Waals surface area contributed by atoms with Gasteiger partial charge in [-0.2, -0.15) is 4.98 Å². The van der Waals surface area contributed by atoms with Crippen LogP contribution in [0.25, 0.3) is 11.4 Å². The van der Waals surface area contributed by atoms with Crippen molar-refractivity contribution in [1.82, 2.24) is 15.0 Å². The zero-order chi connectivity index (χ0) is 20.8. The highest BCUT2D eigenvalue weighted by molar-refractivity contribution is 5.90. The van der Waals surface area contributed by atoms with E-state index in [-0.39, 0.29) is 18.1 Å². The maximum Gasteiger partial charge on any atom is 0.227 e. The first kappa shape index (κ1) is 20.2. The van der Waals surface area contributed by atoms with Gasteiger partial charge in [-0.3, -0.25) is 9.69 Å². The number of hydrogen-bond donors (Lipinski definition) is 1. The Labute approximate surface area is 175 Å². The third-order valence-electron chi connectivity index (χ3n) is 5.20. The van der Waals surface area contributed by atoms with Crippen LogP contribution in [0, 0.1) is 5.82 Å². The summed E-state index contributed by atoms with van der Waals surface area (Å²) in [6, 6.07) is 13.9. The highest BCUT2D eigenvalue weighted by Crippen LogP contribution is 2.18. The number of likely N-dealkylation sites (tertiary alicyclic amines) is 1. The Bertz CT molecular complexity index is 981. The summed E-state index contributed by atoms with van der Waals surface area (Å²) in [5.41, 5.74) is 2.67. The number of piperidine rings is 1. The van der Waals surface area contributed by atoms with Crippen molar-refractivity contribution in [2.45, 2.75) is 38.6 Å². The lowest BCUT2D eigenvalue weighted by atomic mass is 10.1. The van der Waals surface area contributed by atoms with Crippen molar-refractivity contribution in [3.8, 4) is 11.4 Å². The molecule has 1 saturated heterocycles. The summed E-state index contributed by atoms with van der Waals surface area (Å²) in [5, 5.41) is 6.85. The summed E-state index contributed by atoms with van der Waals surface area (Å²) in [6.07, 6.45) is 4.41. The monoisotopic (exact) mass is 408 g/mol. The predicted molar refractivity (Wildman–Crippen MR) is 112 cm³/mol. The maximum atomic E-state index is 13.0. The van der Waals surface area contributed by atoms with Crippen LogP contribution < -0.4 is 5.32 Å². The Kier molecular flexibility index (Phi) is 6.49. The summed E-state index contributed by atoms with van der Waals surface area (Å²) in [7, 11) is 0. The number of anilines is 1. The molecule has 1 amide bonds. The van der Waals surface area contributed by atoms with Gasteiger partial charge in [0.2, 0.25) is 17.6 Å². The second-order valence-electron chi connectivity index (χ2n) is 7.60. The molecule has 156 valence electrons. The SMILES string of the molecule is O=C(CCc1nc(-c2ccc(F)cc2)no1)Nc1cccc(CN2CCCCC2)c1. The van der Waals surface area contributed by atoms with E-state index in [9.17, 15) is 9.18 Å². The van der Waals surface area contributed by atoms with Crippen LogP contribution in [0.4, 0.5) is 10.1 Å². The van der Waals surface area contributed by atoms with E-state index in [1.165, 1.54) is 37.0 Å². The Morgan fingerprint density at radius 1 is 1.10 bits per heavy atom. The normalized spacial score (nSPS) is 14.6. The predicted octanol–water partition coefficient (Wildman–Crippen LogP) is 4.43. The van der Waals surface area contributed by atoms with Crippen molar-refractivity contribution in [3.63, 3.8) is 0 Å². The van der Waals surface area contributed by atoms with Crippen LogP contribution in [0.3, 0.4) is 0 Å². The second kappa shape index (κ2) is 9.63. The zero-order valence-electron chi connectivity index (χ0n) is 16.8. The van der Waals surface area contributed by atoms with E-state index in [4.69, 9.17) is 4.52 Å². The molecule has 3 aromatic rings. The smallest absolute Gasteiger partial charge is 0.227 e. The van der Waals surface area contributed by atoms with Crippen molar-refractivity contribution < 1.29 is 13.7 Å². The average Bonchev–Trinajstić information content (AvgIpc) is 3.23. The fourth-order valence-electron chi connectivity index (χ4n) is 3.64. The molecule has 1 aromatic heterocycles. The van der Waals surface area contributed by atoms with Gasteiger partial charge < -0.3 is 9.84 Å². The maximum absolute atomic E-state index is 13.0. The van der Waals surface area contributed by atoms with Gasteiger partial charge in [-0.25, -0.2) is 4.39 Å². The topological polar surface area (TPSA) is 71.3 Å². The van der Waals surface area contributed by atoms with Crippen LogP contribution in [0.5, 0.6) is 0 Å². The molecule has 0 radical (unpaired) electrons. The molecule has 0 aliphatic carbocycles. The average molecular weight is 408 g/mol. The van der Waals surface area contributed by atoms with Gasteiger partial charge in [-0.05, 0) is 67.9 Å². The van der Waals surface area contributed by atoms with Crippen molar-refractivity contribution in [3.05, 3.63) is 65.8 Å². The number of amides is 1. The number of hydrogen-bond acceptors (Lipinski definition) is 5. The summed E-state index contributed by atoms with van der Waals surface area (Å²) >= 11 is 0. The van der Waals surface area contributed by atoms with Gasteiger partial charge in [0.05, 0.1) is 0 Å².